The van der Waals surface area contributed by atoms with Gasteiger partial charge in [-0.2, -0.15) is 10.5 Å². The van der Waals surface area contributed by atoms with Gasteiger partial charge >= 0.3 is 0 Å². The number of benzene rings is 6. The summed E-state index contributed by atoms with van der Waals surface area (Å²) in [6.45, 7) is 0. The van der Waals surface area contributed by atoms with Crippen LogP contribution in [0.5, 0.6) is 5.75 Å². The van der Waals surface area contributed by atoms with Crippen molar-refractivity contribution in [3.05, 3.63) is 139 Å². The van der Waals surface area contributed by atoms with Gasteiger partial charge in [0.2, 0.25) is 0 Å². The monoisotopic (exact) mass is 564 g/mol. The highest BCUT2D eigenvalue weighted by Crippen LogP contribution is 2.42. The van der Waals surface area contributed by atoms with Crippen LogP contribution in [-0.2, 0) is 0 Å². The number of nitrogens with zero attached hydrogens (tertiary/aromatic N) is 4. The molecule has 0 aliphatic rings. The standard InChI is InChI=1S/C39H24N4O/c1-44-30-15-17-37-34(22-30)39-31(11-7-13-38(39)43(37)29-19-25(23-40)18-26(20-29)24-41)27-14-16-36-33(21-27)32-10-5-6-12-35(32)42(36)28-8-3-2-4-9-28/h2-22H,1H3. The van der Waals surface area contributed by atoms with E-state index in [0.29, 0.717) is 11.1 Å². The Morgan fingerprint density at radius 2 is 1.18 bits per heavy atom. The normalized spacial score (nSPS) is 11.2. The summed E-state index contributed by atoms with van der Waals surface area (Å²) in [6.07, 6.45) is 0. The number of aromatic nitrogens is 2. The predicted octanol–water partition coefficient (Wildman–Crippen LogP) is 9.30. The first-order chi connectivity index (χ1) is 21.7. The van der Waals surface area contributed by atoms with Gasteiger partial charge in [-0.3, -0.25) is 0 Å². The van der Waals surface area contributed by atoms with Gasteiger partial charge in [0.05, 0.1) is 52.4 Å². The van der Waals surface area contributed by atoms with E-state index in [1.807, 2.05) is 30.3 Å². The van der Waals surface area contributed by atoms with Crippen LogP contribution in [-0.4, -0.2) is 16.2 Å². The lowest BCUT2D eigenvalue weighted by molar-refractivity contribution is 0.415. The molecule has 0 unspecified atom stereocenters. The third-order valence-electron chi connectivity index (χ3n) is 8.43. The zero-order valence-corrected chi connectivity index (χ0v) is 23.8. The molecule has 0 amide bonds. The lowest BCUT2D eigenvalue weighted by Gasteiger charge is -2.10. The Kier molecular flexibility index (Phi) is 5.72. The third kappa shape index (κ3) is 3.78. The smallest absolute Gasteiger partial charge is 0.119 e. The zero-order chi connectivity index (χ0) is 29.8. The number of hydrogen-bond donors (Lipinski definition) is 0. The number of para-hydroxylation sites is 2. The summed E-state index contributed by atoms with van der Waals surface area (Å²) < 4.78 is 10.1. The van der Waals surface area contributed by atoms with Crippen molar-refractivity contribution < 1.29 is 4.74 Å². The van der Waals surface area contributed by atoms with Crippen LogP contribution in [0.15, 0.2) is 127 Å². The third-order valence-corrected chi connectivity index (χ3v) is 8.43. The number of methoxy groups -OCH3 is 1. The second kappa shape index (κ2) is 9.91. The van der Waals surface area contributed by atoms with E-state index in [2.05, 4.69) is 112 Å². The van der Waals surface area contributed by atoms with Crippen LogP contribution in [0.3, 0.4) is 0 Å². The Bertz CT molecular complexity index is 2470. The van der Waals surface area contributed by atoms with E-state index in [-0.39, 0.29) is 0 Å². The lowest BCUT2D eigenvalue weighted by atomic mass is 9.97. The fourth-order valence-electron chi connectivity index (χ4n) is 6.56. The molecule has 8 aromatic rings. The van der Waals surface area contributed by atoms with Crippen molar-refractivity contribution in [2.45, 2.75) is 0 Å². The SMILES string of the molecule is COc1ccc2c(c1)c1c(-c3ccc4c(c3)c3ccccc3n4-c3ccccc3)cccc1n2-c1cc(C#N)cc(C#N)c1. The van der Waals surface area contributed by atoms with E-state index < -0.39 is 0 Å². The van der Waals surface area contributed by atoms with E-state index >= 15 is 0 Å². The van der Waals surface area contributed by atoms with E-state index in [9.17, 15) is 10.5 Å². The molecule has 0 bridgehead atoms. The fraction of sp³-hybridized carbons (Fsp3) is 0.0256. The summed E-state index contributed by atoms with van der Waals surface area (Å²) in [5.74, 6) is 0.760. The average molecular weight is 565 g/mol. The van der Waals surface area contributed by atoms with Crippen molar-refractivity contribution in [1.82, 2.24) is 9.13 Å². The lowest BCUT2D eigenvalue weighted by Crippen LogP contribution is -1.96. The quantitative estimate of drug-likeness (QED) is 0.214. The van der Waals surface area contributed by atoms with Crippen molar-refractivity contribution in [3.8, 4) is 40.4 Å². The molecule has 0 spiro atoms. The maximum Gasteiger partial charge on any atom is 0.119 e. The van der Waals surface area contributed by atoms with E-state index in [1.165, 1.54) is 10.8 Å². The minimum atomic E-state index is 0.443. The summed E-state index contributed by atoms with van der Waals surface area (Å²) in [7, 11) is 1.67. The van der Waals surface area contributed by atoms with Crippen molar-refractivity contribution in [1.29, 1.82) is 10.5 Å². The highest BCUT2D eigenvalue weighted by atomic mass is 16.5. The Morgan fingerprint density at radius 3 is 1.95 bits per heavy atom. The van der Waals surface area contributed by atoms with E-state index in [4.69, 9.17) is 4.74 Å². The fourth-order valence-corrected chi connectivity index (χ4v) is 6.56. The highest BCUT2D eigenvalue weighted by molar-refractivity contribution is 6.17. The Morgan fingerprint density at radius 1 is 0.523 bits per heavy atom. The number of hydrogen-bond acceptors (Lipinski definition) is 3. The second-order valence-corrected chi connectivity index (χ2v) is 10.8. The second-order valence-electron chi connectivity index (χ2n) is 10.8. The molecule has 206 valence electrons. The summed E-state index contributed by atoms with van der Waals surface area (Å²) in [6, 6.07) is 47.8. The molecule has 0 aliphatic heterocycles. The van der Waals surface area contributed by atoms with Gasteiger partial charge in [-0.25, -0.2) is 0 Å². The molecule has 0 fully saturated rings. The van der Waals surface area contributed by atoms with Crippen molar-refractivity contribution >= 4 is 43.6 Å². The molecule has 5 nitrogen and oxygen atoms in total. The minimum absolute atomic E-state index is 0.443. The van der Waals surface area contributed by atoms with Gasteiger partial charge in [0.15, 0.2) is 0 Å². The number of rotatable bonds is 4. The first-order valence-electron chi connectivity index (χ1n) is 14.3. The molecule has 0 radical (unpaired) electrons. The molecule has 8 rings (SSSR count). The molecule has 2 heterocycles. The largest absolute Gasteiger partial charge is 0.497 e. The average Bonchev–Trinajstić information content (AvgIpc) is 3.60. The summed E-state index contributed by atoms with van der Waals surface area (Å²) in [4.78, 5) is 0. The van der Waals surface area contributed by atoms with Crippen LogP contribution in [0.1, 0.15) is 11.1 Å². The van der Waals surface area contributed by atoms with Gasteiger partial charge in [0.1, 0.15) is 5.75 Å². The number of fused-ring (bicyclic) bond motifs is 6. The van der Waals surface area contributed by atoms with Crippen LogP contribution >= 0.6 is 0 Å². The first-order valence-corrected chi connectivity index (χ1v) is 14.3. The first kappa shape index (κ1) is 25.4. The van der Waals surface area contributed by atoms with Crippen LogP contribution in [0, 0.1) is 22.7 Å². The van der Waals surface area contributed by atoms with E-state index in [1.54, 1.807) is 13.2 Å². The molecule has 2 aromatic heterocycles. The van der Waals surface area contributed by atoms with Crippen LogP contribution in [0.2, 0.25) is 0 Å². The summed E-state index contributed by atoms with van der Waals surface area (Å²) in [5.41, 5.74) is 9.23. The van der Waals surface area contributed by atoms with Crippen molar-refractivity contribution in [3.63, 3.8) is 0 Å². The molecular formula is C39H24N4O. The maximum absolute atomic E-state index is 9.72. The maximum atomic E-state index is 9.72. The van der Waals surface area contributed by atoms with Gasteiger partial charge in [-0.15, -0.1) is 0 Å². The van der Waals surface area contributed by atoms with Gasteiger partial charge in [-0.1, -0.05) is 54.6 Å². The van der Waals surface area contributed by atoms with E-state index in [0.717, 1.165) is 61.1 Å². The minimum Gasteiger partial charge on any atom is -0.497 e. The molecule has 5 heteroatoms. The molecule has 0 aliphatic carbocycles. The van der Waals surface area contributed by atoms with Gasteiger partial charge < -0.3 is 13.9 Å². The Balaban J connectivity index is 1.44. The van der Waals surface area contributed by atoms with Crippen molar-refractivity contribution in [2.75, 3.05) is 7.11 Å². The molecule has 0 atom stereocenters. The topological polar surface area (TPSA) is 66.7 Å². The molecule has 0 saturated carbocycles. The molecule has 6 aromatic carbocycles. The Hall–Kier alpha value is -6.30. The number of ether oxygens (including phenoxy) is 1. The van der Waals surface area contributed by atoms with Crippen molar-refractivity contribution in [2.24, 2.45) is 0 Å². The molecule has 0 saturated heterocycles. The van der Waals surface area contributed by atoms with Gasteiger partial charge in [-0.05, 0) is 83.9 Å². The predicted molar refractivity (Wildman–Crippen MR) is 177 cm³/mol. The summed E-state index contributed by atoms with van der Waals surface area (Å²) in [5, 5.41) is 23.9. The van der Waals surface area contributed by atoms with Gasteiger partial charge in [0, 0.05) is 32.9 Å². The molecule has 44 heavy (non-hydrogen) atoms. The molecule has 0 N–H and O–H groups in total. The molecular weight excluding hydrogens is 540 g/mol. The highest BCUT2D eigenvalue weighted by Gasteiger charge is 2.19. The van der Waals surface area contributed by atoms with Crippen LogP contribution < -0.4 is 4.74 Å². The van der Waals surface area contributed by atoms with Crippen LogP contribution in [0.4, 0.5) is 0 Å². The van der Waals surface area contributed by atoms with Crippen LogP contribution in [0.25, 0.3) is 66.1 Å². The summed E-state index contributed by atoms with van der Waals surface area (Å²) >= 11 is 0. The Labute approximate surface area is 253 Å². The zero-order valence-electron chi connectivity index (χ0n) is 23.8. The number of nitriles is 2. The van der Waals surface area contributed by atoms with Gasteiger partial charge in [0.25, 0.3) is 0 Å².